The van der Waals surface area contributed by atoms with Crippen LogP contribution in [0.15, 0.2) is 285 Å². The van der Waals surface area contributed by atoms with Crippen molar-refractivity contribution in [3.8, 4) is 39.3 Å². The SMILES string of the molecule is [2H]c1c2c3c(c([2H])c1C(C)(C)C)-n1c4c(-c5ccccc5)cc(C(C)(C)C)cc4c4ccccc4c4ccccc4c4c1c(c([2H])c1c5ccccc5n(-c5ccccc5)c14)B3c1c([2H])c3sc4ccccc4c3c3c4ccccc4c4ccccc4c4cc(C(C)(C)C)cc(-c5ccccc5)c4n-2c13. The molecule has 0 bridgehead atoms. The molecule has 0 atom stereocenters. The van der Waals surface area contributed by atoms with Gasteiger partial charge in [-0.1, -0.05) is 281 Å². The van der Waals surface area contributed by atoms with Gasteiger partial charge in [0.2, 0.25) is 0 Å². The van der Waals surface area contributed by atoms with Crippen LogP contribution in [0.1, 0.15) is 84.5 Å². The highest BCUT2D eigenvalue weighted by atomic mass is 32.1. The van der Waals surface area contributed by atoms with Crippen molar-refractivity contribution in [2.45, 2.75) is 78.6 Å². The number of rotatable bonds is 3. The number of thiophene rings is 1. The molecule has 2 aliphatic heterocycles. The molecule has 0 fully saturated rings. The molecule has 101 heavy (non-hydrogen) atoms. The molecule has 0 saturated heterocycles. The van der Waals surface area contributed by atoms with E-state index in [9.17, 15) is 5.48 Å². The van der Waals surface area contributed by atoms with Crippen LogP contribution in [0.3, 0.4) is 0 Å². The lowest BCUT2D eigenvalue weighted by Gasteiger charge is -2.38. The predicted octanol–water partition coefficient (Wildman–Crippen LogP) is 24.6. The maximum absolute atomic E-state index is 12.2. The lowest BCUT2D eigenvalue weighted by atomic mass is 9.34. The lowest BCUT2D eigenvalue weighted by molar-refractivity contribution is 0.589. The number of para-hydroxylation sites is 2. The van der Waals surface area contributed by atoms with Crippen molar-refractivity contribution in [3.63, 3.8) is 0 Å². The van der Waals surface area contributed by atoms with Crippen molar-refractivity contribution in [2.24, 2.45) is 0 Å². The quantitative estimate of drug-likeness (QED) is 0.157. The van der Waals surface area contributed by atoms with Crippen LogP contribution in [-0.2, 0) is 16.2 Å². The summed E-state index contributed by atoms with van der Waals surface area (Å²) in [5.74, 6) is 0. The fourth-order valence-electron chi connectivity index (χ4n) is 17.2. The monoisotopic (exact) mass is 1320 g/mol. The van der Waals surface area contributed by atoms with Gasteiger partial charge in [-0.05, 0) is 170 Å². The molecular weight excluding hydrogens is 1240 g/mol. The van der Waals surface area contributed by atoms with Gasteiger partial charge in [0.05, 0.1) is 38.6 Å². The minimum atomic E-state index is -0.939. The summed E-state index contributed by atoms with van der Waals surface area (Å²) in [5.41, 5.74) is 14.9. The molecule has 5 heteroatoms. The average molecular weight is 1320 g/mol. The summed E-state index contributed by atoms with van der Waals surface area (Å²) in [7, 11) is 0. The third-order valence-corrected chi connectivity index (χ3v) is 23.0. The number of aromatic nitrogens is 3. The Balaban J connectivity index is 1.22. The molecule has 20 rings (SSSR count). The van der Waals surface area contributed by atoms with Crippen LogP contribution in [0.25, 0.3) is 168 Å². The number of hydrogen-bond donors (Lipinski definition) is 0. The van der Waals surface area contributed by atoms with Gasteiger partial charge in [0.15, 0.2) is 0 Å². The zero-order valence-corrected chi connectivity index (χ0v) is 59.0. The van der Waals surface area contributed by atoms with Crippen LogP contribution < -0.4 is 16.4 Å². The van der Waals surface area contributed by atoms with Crippen LogP contribution in [0.2, 0.25) is 0 Å². The number of fused-ring (bicyclic) bond motifs is 26. The van der Waals surface area contributed by atoms with Crippen LogP contribution >= 0.6 is 11.3 Å². The van der Waals surface area contributed by atoms with Crippen LogP contribution in [0.5, 0.6) is 0 Å². The van der Waals surface area contributed by atoms with Crippen molar-refractivity contribution in [3.05, 3.63) is 302 Å². The van der Waals surface area contributed by atoms with Crippen molar-refractivity contribution < 1.29 is 5.48 Å². The van der Waals surface area contributed by atoms with E-state index >= 15 is 0 Å². The van der Waals surface area contributed by atoms with Crippen LogP contribution in [0, 0.1) is 0 Å². The first-order chi connectivity index (χ1) is 50.8. The largest absolute Gasteiger partial charge is 0.310 e. The molecule has 2 aliphatic rings. The Morgan fingerprint density at radius 2 is 0.693 bits per heavy atom. The lowest BCUT2D eigenvalue weighted by Crippen LogP contribution is -2.60. The van der Waals surface area contributed by atoms with Crippen molar-refractivity contribution in [2.75, 3.05) is 0 Å². The zero-order valence-electron chi connectivity index (χ0n) is 62.2. The Kier molecular flexibility index (Phi) is 11.9. The number of nitrogens with zero attached hydrogens (tertiary/aromatic N) is 3. The molecule has 0 unspecified atom stereocenters. The Labute approximate surface area is 598 Å². The summed E-state index contributed by atoms with van der Waals surface area (Å²) in [5, 5.41) is 15.9. The van der Waals surface area contributed by atoms with E-state index in [1.165, 1.54) is 0 Å². The highest BCUT2D eigenvalue weighted by Gasteiger charge is 2.43. The van der Waals surface area contributed by atoms with Crippen LogP contribution in [-0.4, -0.2) is 20.4 Å². The zero-order chi connectivity index (χ0) is 71.6. The minimum Gasteiger partial charge on any atom is -0.310 e. The van der Waals surface area contributed by atoms with E-state index in [1.807, 2.05) is 0 Å². The topological polar surface area (TPSA) is 14.8 Å². The smallest absolute Gasteiger partial charge is 0.252 e. The Hall–Kier alpha value is -11.2. The summed E-state index contributed by atoms with van der Waals surface area (Å²) in [4.78, 5) is 0. The summed E-state index contributed by atoms with van der Waals surface area (Å²) in [6, 6.07) is 96.2. The third-order valence-electron chi connectivity index (χ3n) is 21.9. The molecule has 14 aromatic carbocycles. The molecule has 3 nitrogen and oxygen atoms in total. The van der Waals surface area contributed by atoms with Crippen molar-refractivity contribution in [1.29, 1.82) is 0 Å². The van der Waals surface area contributed by atoms with Gasteiger partial charge < -0.3 is 13.7 Å². The van der Waals surface area contributed by atoms with E-state index in [4.69, 9.17) is 0 Å². The molecule has 0 amide bonds. The minimum absolute atomic E-state index is 0.235. The van der Waals surface area contributed by atoms with Crippen molar-refractivity contribution in [1.82, 2.24) is 13.7 Å². The van der Waals surface area contributed by atoms with Crippen LogP contribution in [0.4, 0.5) is 0 Å². The highest BCUT2D eigenvalue weighted by Crippen LogP contribution is 2.51. The molecule has 0 radical (unpaired) electrons. The second kappa shape index (κ2) is 21.6. The molecule has 482 valence electrons. The van der Waals surface area contributed by atoms with Crippen molar-refractivity contribution >= 4 is 163 Å². The second-order valence-corrected chi connectivity index (χ2v) is 32.1. The summed E-state index contributed by atoms with van der Waals surface area (Å²) in [6.45, 7) is 19.4. The fourth-order valence-corrected chi connectivity index (χ4v) is 18.3. The molecule has 18 aromatic rings. The van der Waals surface area contributed by atoms with E-state index in [2.05, 4.69) is 337 Å². The maximum atomic E-state index is 12.2. The molecule has 6 heterocycles. The van der Waals surface area contributed by atoms with Gasteiger partial charge in [-0.15, -0.1) is 11.3 Å². The van der Waals surface area contributed by atoms with E-state index in [1.54, 1.807) is 11.3 Å². The average Bonchev–Trinajstić information content (AvgIpc) is 1.65. The molecule has 0 N–H and O–H groups in total. The molecule has 4 aromatic heterocycles. The standard InChI is InChI=1S/C96H74BN3S/c1-94(2,3)59-49-73(57-31-13-10-14-32-57)89-75(51-59)67-41-21-19-37-63(67)65-39-23-25-44-70(65)86-85-72-46-28-30-48-83(72)101-84(85)56-79-92(86)99(89)81-53-61(96(7,8)9)54-82-88(81)97(79)78-55-77-69-43-27-29-47-80(69)98(62-35-17-12-18-36-62)91(77)87-71-45-26-24-40-66(71)64-38-20-22-42-68(64)76-52-60(95(4,5)6)50-74(58-33-15-11-16-34-58)90(76)100(82)93(78)87/h10-56H,1-9H3/i53D,54D,55D,56D. The Morgan fingerprint density at radius 1 is 0.297 bits per heavy atom. The normalized spacial score (nSPS) is 13.5. The highest BCUT2D eigenvalue weighted by molar-refractivity contribution is 7.26. The number of hydrogen-bond acceptors (Lipinski definition) is 1. The van der Waals surface area contributed by atoms with Gasteiger partial charge >= 0.3 is 0 Å². The first-order valence-corrected chi connectivity index (χ1v) is 36.4. The van der Waals surface area contributed by atoms with Gasteiger partial charge in [0.25, 0.3) is 6.71 Å². The first kappa shape index (κ1) is 55.6. The molecule has 0 saturated carbocycles. The van der Waals surface area contributed by atoms with Gasteiger partial charge in [-0.3, -0.25) is 0 Å². The van der Waals surface area contributed by atoms with Gasteiger partial charge in [0.1, 0.15) is 0 Å². The molecular formula is C96H74BN3S. The summed E-state index contributed by atoms with van der Waals surface area (Å²) in [6.07, 6.45) is 0. The van der Waals surface area contributed by atoms with E-state index in [0.717, 1.165) is 179 Å². The summed E-state index contributed by atoms with van der Waals surface area (Å²) < 4.78 is 57.2. The molecule has 0 aliphatic carbocycles. The van der Waals surface area contributed by atoms with E-state index in [0.29, 0.717) is 34.5 Å². The second-order valence-electron chi connectivity index (χ2n) is 31.1. The first-order valence-electron chi connectivity index (χ1n) is 37.5. The Bertz CT molecular complexity index is 7060. The molecule has 0 spiro atoms. The van der Waals surface area contributed by atoms with E-state index in [-0.39, 0.29) is 22.9 Å². The van der Waals surface area contributed by atoms with Gasteiger partial charge in [-0.25, -0.2) is 0 Å². The van der Waals surface area contributed by atoms with Gasteiger partial charge in [-0.2, -0.15) is 0 Å². The third kappa shape index (κ3) is 8.72. The summed E-state index contributed by atoms with van der Waals surface area (Å²) >= 11 is 1.67. The fraction of sp³-hybridized carbons (Fsp3) is 0.125. The number of benzene rings is 14. The maximum Gasteiger partial charge on any atom is 0.252 e. The predicted molar refractivity (Wildman–Crippen MR) is 439 cm³/mol. The van der Waals surface area contributed by atoms with Gasteiger partial charge in [0, 0.05) is 80.7 Å². The van der Waals surface area contributed by atoms with E-state index < -0.39 is 12.1 Å². The Morgan fingerprint density at radius 3 is 1.20 bits per heavy atom.